The average molecular weight is 407 g/mol. The fourth-order valence-corrected chi connectivity index (χ4v) is 8.15. The van der Waals surface area contributed by atoms with Gasteiger partial charge in [-0.05, 0) is 30.4 Å². The van der Waals surface area contributed by atoms with Crippen molar-refractivity contribution in [1.29, 1.82) is 0 Å². The van der Waals surface area contributed by atoms with Crippen LogP contribution >= 0.6 is 0 Å². The van der Waals surface area contributed by atoms with Crippen molar-refractivity contribution in [2.75, 3.05) is 6.54 Å². The lowest BCUT2D eigenvalue weighted by Crippen LogP contribution is -2.55. The lowest BCUT2D eigenvalue weighted by molar-refractivity contribution is -0.165. The maximum Gasteiger partial charge on any atom is 0.318 e. The molecule has 7 atom stereocenters. The van der Waals surface area contributed by atoms with E-state index in [1.165, 1.54) is 0 Å². The van der Waals surface area contributed by atoms with Crippen LogP contribution in [0.25, 0.3) is 0 Å². The van der Waals surface area contributed by atoms with Gasteiger partial charge in [0, 0.05) is 15.6 Å². The molecule has 2 saturated carbocycles. The molecule has 0 aliphatic heterocycles. The molecule has 152 valence electrons. The molecule has 7 unspecified atom stereocenters. The van der Waals surface area contributed by atoms with Crippen LogP contribution < -0.4 is 5.73 Å². The normalized spacial score (nSPS) is 37.1. The van der Waals surface area contributed by atoms with Crippen LogP contribution in [0.3, 0.4) is 0 Å². The van der Waals surface area contributed by atoms with Gasteiger partial charge < -0.3 is 15.9 Å². The monoisotopic (exact) mass is 407 g/mol. The lowest BCUT2D eigenvalue weighted by atomic mass is 9.61. The molecule has 0 heterocycles. The summed E-state index contributed by atoms with van der Waals surface area (Å²) in [6.45, 7) is 2.97. The first-order valence-electron chi connectivity index (χ1n) is 9.42. The fourth-order valence-electron chi connectivity index (χ4n) is 6.05. The number of nitrogens with two attached hydrogens (primary N) is 1. The Morgan fingerprint density at radius 1 is 1.14 bits per heavy atom. The Morgan fingerprint density at radius 2 is 1.75 bits per heavy atom. The molecule has 7 nitrogen and oxygen atoms in total. The second-order valence-corrected chi connectivity index (χ2v) is 9.18. The zero-order valence-corrected chi connectivity index (χ0v) is 16.6. The number of hydrogen-bond donors (Lipinski definition) is 3. The predicted octanol–water partition coefficient (Wildman–Crippen LogP) is 1.53. The number of Topliss-reactive ketones (excluding diaryl/α,β-unsaturated/α-hetero) is 1. The first-order valence-corrected chi connectivity index (χ1v) is 10.6. The molecule has 8 heteroatoms. The first-order chi connectivity index (χ1) is 13.3. The maximum absolute atomic E-state index is 13.5. The van der Waals surface area contributed by atoms with Gasteiger partial charge in [0.15, 0.2) is 5.78 Å². The highest BCUT2D eigenvalue weighted by Crippen LogP contribution is 2.81. The van der Waals surface area contributed by atoms with E-state index in [2.05, 4.69) is 0 Å². The van der Waals surface area contributed by atoms with Gasteiger partial charge in [-0.2, -0.15) is 0 Å². The Hall–Kier alpha value is -2.06. The van der Waals surface area contributed by atoms with Crippen molar-refractivity contribution in [2.45, 2.75) is 36.8 Å². The highest BCUT2D eigenvalue weighted by atomic mass is 32.2. The van der Waals surface area contributed by atoms with Crippen molar-refractivity contribution in [3.05, 3.63) is 30.3 Å². The first kappa shape index (κ1) is 20.7. The average Bonchev–Trinajstić information content (AvgIpc) is 3.29. The number of hydrogen-bond acceptors (Lipinski definition) is 5. The van der Waals surface area contributed by atoms with Gasteiger partial charge in [-0.25, -0.2) is 0 Å². The van der Waals surface area contributed by atoms with Crippen molar-refractivity contribution in [3.8, 4) is 0 Å². The smallest absolute Gasteiger partial charge is 0.318 e. The number of fused-ring (bicyclic) bond motifs is 1. The third-order valence-corrected chi connectivity index (χ3v) is 8.77. The second kappa shape index (κ2) is 7.08. The summed E-state index contributed by atoms with van der Waals surface area (Å²) in [6, 6.07) is 8.60. The van der Waals surface area contributed by atoms with Crippen LogP contribution in [0.2, 0.25) is 0 Å². The van der Waals surface area contributed by atoms with E-state index in [1.807, 2.05) is 0 Å². The largest absolute Gasteiger partial charge is 0.481 e. The number of ketones is 1. The van der Waals surface area contributed by atoms with Crippen molar-refractivity contribution in [2.24, 2.45) is 34.3 Å². The second-order valence-electron chi connectivity index (χ2n) is 7.57. The van der Waals surface area contributed by atoms with Crippen LogP contribution in [0, 0.1) is 28.6 Å². The Morgan fingerprint density at radius 3 is 2.18 bits per heavy atom. The molecule has 2 aliphatic rings. The molecular formula is C20H25NO6S. The third-order valence-electron chi connectivity index (χ3n) is 6.92. The van der Waals surface area contributed by atoms with Gasteiger partial charge in [0.1, 0.15) is 5.41 Å². The zero-order chi connectivity index (χ0) is 20.9. The Balaban J connectivity index is 2.26. The van der Waals surface area contributed by atoms with Gasteiger partial charge in [-0.15, -0.1) is 0 Å². The summed E-state index contributed by atoms with van der Waals surface area (Å²) in [5.74, 6) is -5.58. The van der Waals surface area contributed by atoms with Gasteiger partial charge in [0.2, 0.25) is 0 Å². The minimum absolute atomic E-state index is 0.200. The molecule has 0 bridgehead atoms. The van der Waals surface area contributed by atoms with E-state index < -0.39 is 68.9 Å². The van der Waals surface area contributed by atoms with Crippen molar-refractivity contribution in [3.63, 3.8) is 0 Å². The Labute approximate surface area is 165 Å². The summed E-state index contributed by atoms with van der Waals surface area (Å²) >= 11 is 0. The quantitative estimate of drug-likeness (QED) is 0.556. The highest BCUT2D eigenvalue weighted by molar-refractivity contribution is 7.85. The van der Waals surface area contributed by atoms with Crippen LogP contribution in [-0.2, 0) is 25.2 Å². The van der Waals surface area contributed by atoms with E-state index in [0.717, 1.165) is 0 Å². The van der Waals surface area contributed by atoms with E-state index in [1.54, 1.807) is 44.2 Å². The molecule has 1 aromatic carbocycles. The zero-order valence-electron chi connectivity index (χ0n) is 15.8. The van der Waals surface area contributed by atoms with Gasteiger partial charge in [0.25, 0.3) is 0 Å². The van der Waals surface area contributed by atoms with E-state index in [-0.39, 0.29) is 6.42 Å². The summed E-state index contributed by atoms with van der Waals surface area (Å²) in [7, 11) is -1.64. The SMILES string of the molecule is CCC1C(S(=O)c2ccccc2)C2C(C(=O)O)C2(CC)C1(C(=O)O)C(=O)CN. The summed E-state index contributed by atoms with van der Waals surface area (Å²) in [6.07, 6.45) is 0.498. The topological polar surface area (TPSA) is 135 Å². The van der Waals surface area contributed by atoms with E-state index >= 15 is 0 Å². The summed E-state index contributed by atoms with van der Waals surface area (Å²) in [5.41, 5.74) is 2.40. The standard InChI is InChI=1S/C20H25NO6S/c1-3-12-16(28(27)11-8-6-5-7-9-11)14-15(17(23)24)19(14,4-2)20(12,18(25)26)13(22)10-21/h5-9,12,14-16H,3-4,10,21H2,1-2H3,(H,23,24)(H,25,26). The van der Waals surface area contributed by atoms with E-state index in [9.17, 15) is 28.8 Å². The molecule has 0 radical (unpaired) electrons. The van der Waals surface area contributed by atoms with Crippen LogP contribution in [0.15, 0.2) is 35.2 Å². The van der Waals surface area contributed by atoms with Crippen LogP contribution in [0.4, 0.5) is 0 Å². The van der Waals surface area contributed by atoms with Crippen LogP contribution in [0.1, 0.15) is 26.7 Å². The number of benzene rings is 1. The molecular weight excluding hydrogens is 382 g/mol. The molecule has 28 heavy (non-hydrogen) atoms. The third kappa shape index (κ3) is 2.30. The van der Waals surface area contributed by atoms with Gasteiger partial charge >= 0.3 is 11.9 Å². The van der Waals surface area contributed by atoms with E-state index in [4.69, 9.17) is 5.73 Å². The molecule has 0 amide bonds. The molecule has 1 aromatic rings. The number of carboxylic acid groups (broad SMARTS) is 2. The minimum atomic E-state index is -1.94. The molecule has 0 aromatic heterocycles. The number of aliphatic carboxylic acids is 2. The molecule has 2 aliphatic carbocycles. The number of rotatable bonds is 8. The Bertz CT molecular complexity index is 842. The minimum Gasteiger partial charge on any atom is -0.481 e. The van der Waals surface area contributed by atoms with Crippen molar-refractivity contribution < 1.29 is 28.8 Å². The summed E-state index contributed by atoms with van der Waals surface area (Å²) in [5, 5.41) is 19.3. The van der Waals surface area contributed by atoms with Crippen LogP contribution in [0.5, 0.6) is 0 Å². The van der Waals surface area contributed by atoms with Crippen LogP contribution in [-0.4, -0.2) is 43.9 Å². The van der Waals surface area contributed by atoms with Gasteiger partial charge in [-0.1, -0.05) is 38.5 Å². The Kier molecular flexibility index (Phi) is 5.22. The molecule has 4 N–H and O–H groups in total. The predicted molar refractivity (Wildman–Crippen MR) is 102 cm³/mol. The molecule has 2 fully saturated rings. The molecule has 0 saturated heterocycles. The number of carbonyl (C=O) groups is 3. The van der Waals surface area contributed by atoms with Gasteiger partial charge in [0.05, 0.1) is 23.3 Å². The van der Waals surface area contributed by atoms with Crippen molar-refractivity contribution >= 4 is 28.5 Å². The fraction of sp³-hybridized carbons (Fsp3) is 0.550. The van der Waals surface area contributed by atoms with Gasteiger partial charge in [-0.3, -0.25) is 18.6 Å². The highest BCUT2D eigenvalue weighted by Gasteiger charge is 2.89. The molecule has 0 spiro atoms. The van der Waals surface area contributed by atoms with Crippen molar-refractivity contribution in [1.82, 2.24) is 0 Å². The number of carboxylic acids is 2. The maximum atomic E-state index is 13.5. The number of carbonyl (C=O) groups excluding carboxylic acids is 1. The molecule has 3 rings (SSSR count). The summed E-state index contributed by atoms with van der Waals surface area (Å²) in [4.78, 5) is 38.2. The lowest BCUT2D eigenvalue weighted by Gasteiger charge is -2.40. The summed E-state index contributed by atoms with van der Waals surface area (Å²) < 4.78 is 13.5. The van der Waals surface area contributed by atoms with E-state index in [0.29, 0.717) is 11.3 Å².